The zero-order chi connectivity index (χ0) is 13.5. The van der Waals surface area contributed by atoms with Crippen LogP contribution in [0.2, 0.25) is 0 Å². The van der Waals surface area contributed by atoms with Gasteiger partial charge in [-0.05, 0) is 25.1 Å². The summed E-state index contributed by atoms with van der Waals surface area (Å²) in [6.45, 7) is 2.36. The number of carbonyl (C=O) groups is 1. The van der Waals surface area contributed by atoms with Crippen molar-refractivity contribution in [1.29, 1.82) is 0 Å². The third kappa shape index (κ3) is 5.01. The summed E-state index contributed by atoms with van der Waals surface area (Å²) in [5.41, 5.74) is 0. The predicted octanol–water partition coefficient (Wildman–Crippen LogP) is -0.666. The molecule has 0 aliphatic heterocycles. The van der Waals surface area contributed by atoms with Crippen LogP contribution in [0.15, 0.2) is 54.9 Å². The van der Waals surface area contributed by atoms with Gasteiger partial charge in [0.05, 0.1) is 6.61 Å². The van der Waals surface area contributed by atoms with Crippen LogP contribution in [-0.4, -0.2) is 12.6 Å². The molecule has 4 nitrogen and oxygen atoms in total. The van der Waals surface area contributed by atoms with E-state index in [1.54, 1.807) is 23.9 Å². The number of rotatable bonds is 5. The van der Waals surface area contributed by atoms with E-state index in [0.717, 1.165) is 5.75 Å². The minimum Gasteiger partial charge on any atom is -1.00 e. The molecular formula is C15H16BrNO3. The molecule has 2 rings (SSSR count). The number of aromatic nitrogens is 1. The molecule has 0 aliphatic rings. The Labute approximate surface area is 128 Å². The Morgan fingerprint density at radius 3 is 2.50 bits per heavy atom. The minimum absolute atomic E-state index is 0. The Hall–Kier alpha value is -1.88. The van der Waals surface area contributed by atoms with E-state index in [1.807, 2.05) is 42.5 Å². The van der Waals surface area contributed by atoms with Crippen molar-refractivity contribution in [1.82, 2.24) is 0 Å². The number of para-hydroxylation sites is 1. The van der Waals surface area contributed by atoms with Crippen molar-refractivity contribution in [2.75, 3.05) is 6.61 Å². The van der Waals surface area contributed by atoms with Gasteiger partial charge in [-0.3, -0.25) is 0 Å². The van der Waals surface area contributed by atoms with Crippen molar-refractivity contribution in [2.24, 2.45) is 0 Å². The highest BCUT2D eigenvalue weighted by Crippen LogP contribution is 2.18. The highest BCUT2D eigenvalue weighted by molar-refractivity contribution is 5.67. The molecule has 0 saturated carbocycles. The molecule has 1 aromatic carbocycles. The van der Waals surface area contributed by atoms with Crippen molar-refractivity contribution < 1.29 is 35.8 Å². The Bertz CT molecular complexity index is 546. The molecule has 20 heavy (non-hydrogen) atoms. The molecule has 106 valence electrons. The van der Waals surface area contributed by atoms with Crippen LogP contribution >= 0.6 is 0 Å². The highest BCUT2D eigenvalue weighted by Gasteiger charge is 2.11. The number of ether oxygens (including phenoxy) is 2. The normalized spacial score (nSPS) is 9.45. The maximum atomic E-state index is 11.4. The fourth-order valence-corrected chi connectivity index (χ4v) is 1.64. The Morgan fingerprint density at radius 2 is 1.80 bits per heavy atom. The topological polar surface area (TPSA) is 39.4 Å². The summed E-state index contributed by atoms with van der Waals surface area (Å²) in [4.78, 5) is 11.4. The Balaban J connectivity index is 0.00000200. The number of esters is 1. The Kier molecular flexibility index (Phi) is 6.73. The minimum atomic E-state index is -0.260. The summed E-state index contributed by atoms with van der Waals surface area (Å²) in [6, 6.07) is 13.2. The molecule has 0 bridgehead atoms. The lowest BCUT2D eigenvalue weighted by Gasteiger charge is -2.04. The summed E-state index contributed by atoms with van der Waals surface area (Å²) >= 11 is 0. The van der Waals surface area contributed by atoms with E-state index in [0.29, 0.717) is 12.4 Å². The van der Waals surface area contributed by atoms with Gasteiger partial charge in [-0.2, -0.15) is 4.57 Å². The number of carbonyl (C=O) groups excluding carboxylic acids is 1. The molecule has 0 aliphatic carbocycles. The molecule has 0 fully saturated rings. The average molecular weight is 338 g/mol. The first-order chi connectivity index (χ1) is 9.28. The van der Waals surface area contributed by atoms with Gasteiger partial charge >= 0.3 is 5.97 Å². The molecular weight excluding hydrogens is 322 g/mol. The third-order valence-corrected chi connectivity index (χ3v) is 2.43. The first-order valence-corrected chi connectivity index (χ1v) is 6.15. The van der Waals surface area contributed by atoms with E-state index in [-0.39, 0.29) is 29.5 Å². The van der Waals surface area contributed by atoms with E-state index in [2.05, 4.69) is 0 Å². The quantitative estimate of drug-likeness (QED) is 0.537. The van der Waals surface area contributed by atoms with Gasteiger partial charge in [-0.1, -0.05) is 18.2 Å². The maximum absolute atomic E-state index is 11.4. The molecule has 0 saturated heterocycles. The summed E-state index contributed by atoms with van der Waals surface area (Å²) in [7, 11) is 0. The maximum Gasteiger partial charge on any atom is 0.372 e. The van der Waals surface area contributed by atoms with Crippen LogP contribution in [0.4, 0.5) is 0 Å². The van der Waals surface area contributed by atoms with Gasteiger partial charge in [-0.15, -0.1) is 0 Å². The summed E-state index contributed by atoms with van der Waals surface area (Å²) < 4.78 is 12.3. The van der Waals surface area contributed by atoms with Gasteiger partial charge in [-0.25, -0.2) is 4.79 Å². The van der Waals surface area contributed by atoms with Crippen LogP contribution in [-0.2, 0) is 16.1 Å². The smallest absolute Gasteiger partial charge is 0.372 e. The number of pyridine rings is 1. The highest BCUT2D eigenvalue weighted by atomic mass is 79.9. The molecule has 0 N–H and O–H groups in total. The summed E-state index contributed by atoms with van der Waals surface area (Å²) in [5, 5.41) is 0. The number of hydrogen-bond acceptors (Lipinski definition) is 3. The van der Waals surface area contributed by atoms with Crippen LogP contribution in [0.5, 0.6) is 11.5 Å². The van der Waals surface area contributed by atoms with E-state index >= 15 is 0 Å². The molecule has 0 radical (unpaired) electrons. The van der Waals surface area contributed by atoms with Crippen LogP contribution in [0.25, 0.3) is 0 Å². The van der Waals surface area contributed by atoms with Gasteiger partial charge in [0.2, 0.25) is 12.7 Å². The average Bonchev–Trinajstić information content (AvgIpc) is 2.40. The van der Waals surface area contributed by atoms with Crippen molar-refractivity contribution in [3.8, 4) is 11.5 Å². The molecule has 1 aromatic heterocycles. The van der Waals surface area contributed by atoms with Gasteiger partial charge in [0.25, 0.3) is 0 Å². The zero-order valence-electron chi connectivity index (χ0n) is 11.2. The first-order valence-electron chi connectivity index (χ1n) is 6.15. The molecule has 1 heterocycles. The van der Waals surface area contributed by atoms with E-state index < -0.39 is 0 Å². The fraction of sp³-hybridized carbons (Fsp3) is 0.200. The second-order valence-corrected chi connectivity index (χ2v) is 3.93. The molecule has 2 aromatic rings. The number of nitrogens with zero attached hydrogens (tertiary/aromatic N) is 1. The molecule has 0 unspecified atom stereocenters. The molecule has 0 atom stereocenters. The van der Waals surface area contributed by atoms with Crippen LogP contribution < -0.4 is 26.3 Å². The lowest BCUT2D eigenvalue weighted by molar-refractivity contribution is -0.686. The standard InChI is InChI=1S/C15H16NO3.BrH/c1-2-18-15(17)12-16-10-6-9-14(11-16)19-13-7-4-3-5-8-13;/h3-11H,2,12H2,1H3;1H/q+1;/p-1. The second kappa shape index (κ2) is 8.32. The number of halogens is 1. The van der Waals surface area contributed by atoms with Crippen LogP contribution in [0.3, 0.4) is 0 Å². The monoisotopic (exact) mass is 337 g/mol. The van der Waals surface area contributed by atoms with Crippen molar-refractivity contribution in [3.63, 3.8) is 0 Å². The van der Waals surface area contributed by atoms with Crippen LogP contribution in [0, 0.1) is 0 Å². The van der Waals surface area contributed by atoms with Gasteiger partial charge < -0.3 is 26.5 Å². The number of hydrogen-bond donors (Lipinski definition) is 0. The first kappa shape index (κ1) is 16.2. The third-order valence-electron chi connectivity index (χ3n) is 2.43. The number of benzene rings is 1. The molecule has 5 heteroatoms. The summed E-state index contributed by atoms with van der Waals surface area (Å²) in [5.74, 6) is 1.18. The van der Waals surface area contributed by atoms with Gasteiger partial charge in [0, 0.05) is 6.07 Å². The fourth-order valence-electron chi connectivity index (χ4n) is 1.64. The van der Waals surface area contributed by atoms with Gasteiger partial charge in [0.1, 0.15) is 5.75 Å². The lowest BCUT2D eigenvalue weighted by atomic mass is 10.3. The van der Waals surface area contributed by atoms with Crippen molar-refractivity contribution in [3.05, 3.63) is 54.9 Å². The molecule has 0 spiro atoms. The van der Waals surface area contributed by atoms with E-state index in [9.17, 15) is 4.79 Å². The SMILES string of the molecule is CCOC(=O)C[n+]1cccc(Oc2ccccc2)c1.[Br-]. The largest absolute Gasteiger partial charge is 1.00 e. The van der Waals surface area contributed by atoms with E-state index in [4.69, 9.17) is 9.47 Å². The predicted molar refractivity (Wildman–Crippen MR) is 69.8 cm³/mol. The second-order valence-electron chi connectivity index (χ2n) is 3.93. The Morgan fingerprint density at radius 1 is 1.10 bits per heavy atom. The summed E-state index contributed by atoms with van der Waals surface area (Å²) in [6.07, 6.45) is 3.57. The van der Waals surface area contributed by atoms with E-state index in [1.165, 1.54) is 0 Å². The lowest BCUT2D eigenvalue weighted by Crippen LogP contribution is -3.00. The molecule has 0 amide bonds. The van der Waals surface area contributed by atoms with Crippen LogP contribution in [0.1, 0.15) is 6.92 Å². The van der Waals surface area contributed by atoms with Gasteiger partial charge in [0.15, 0.2) is 11.9 Å². The van der Waals surface area contributed by atoms with Crippen molar-refractivity contribution in [2.45, 2.75) is 13.5 Å². The van der Waals surface area contributed by atoms with Crippen molar-refractivity contribution >= 4 is 5.97 Å². The zero-order valence-corrected chi connectivity index (χ0v) is 12.7.